The maximum atomic E-state index is 13.1. The fraction of sp³-hybridized carbons (Fsp3) is 0.208. The lowest BCUT2D eigenvalue weighted by Crippen LogP contribution is -2.18. The molecule has 176 valence electrons. The minimum Gasteiger partial charge on any atom is -0.485 e. The van der Waals surface area contributed by atoms with Crippen LogP contribution >= 0.6 is 11.8 Å². The van der Waals surface area contributed by atoms with Crippen molar-refractivity contribution in [2.75, 3.05) is 11.1 Å². The number of carbonyl (C=O) groups excluding carboxylic acids is 1. The van der Waals surface area contributed by atoms with Crippen molar-refractivity contribution in [3.63, 3.8) is 0 Å². The van der Waals surface area contributed by atoms with E-state index in [1.54, 1.807) is 0 Å². The maximum absolute atomic E-state index is 13.1. The first-order valence-electron chi connectivity index (χ1n) is 10.5. The van der Waals surface area contributed by atoms with E-state index in [0.717, 1.165) is 34.4 Å². The van der Waals surface area contributed by atoms with Crippen LogP contribution in [0.5, 0.6) is 5.75 Å². The highest BCUT2D eigenvalue weighted by molar-refractivity contribution is 7.99. The molecule has 0 aliphatic carbocycles. The Kier molecular flexibility index (Phi) is 7.06. The number of aromatic nitrogens is 3. The van der Waals surface area contributed by atoms with Crippen molar-refractivity contribution >= 4 is 34.1 Å². The first-order valence-corrected chi connectivity index (χ1v) is 11.5. The van der Waals surface area contributed by atoms with Crippen LogP contribution in [0.1, 0.15) is 18.3 Å². The average molecular weight is 487 g/mol. The molecule has 3 aromatic carbocycles. The molecule has 0 unspecified atom stereocenters. The number of hydrogen-bond acceptors (Lipinski definition) is 5. The van der Waals surface area contributed by atoms with E-state index >= 15 is 0 Å². The summed E-state index contributed by atoms with van der Waals surface area (Å²) in [4.78, 5) is 12.3. The number of thioether (sulfide) groups is 1. The lowest BCUT2D eigenvalue weighted by atomic mass is 10.1. The summed E-state index contributed by atoms with van der Waals surface area (Å²) in [6.07, 6.45) is -4.56. The fourth-order valence-corrected chi connectivity index (χ4v) is 4.29. The number of nitrogens with one attached hydrogen (secondary N) is 1. The van der Waals surface area contributed by atoms with Crippen molar-refractivity contribution in [1.29, 1.82) is 0 Å². The second-order valence-corrected chi connectivity index (χ2v) is 8.23. The van der Waals surface area contributed by atoms with Gasteiger partial charge >= 0.3 is 6.18 Å². The summed E-state index contributed by atoms with van der Waals surface area (Å²) in [6, 6.07) is 18.6. The quantitative estimate of drug-likeness (QED) is 0.320. The largest absolute Gasteiger partial charge is 0.485 e. The number of amides is 1. The third-order valence-corrected chi connectivity index (χ3v) is 6.02. The molecule has 1 aromatic heterocycles. The second kappa shape index (κ2) is 10.2. The lowest BCUT2D eigenvalue weighted by Gasteiger charge is -2.13. The monoisotopic (exact) mass is 486 g/mol. The zero-order valence-corrected chi connectivity index (χ0v) is 19.0. The van der Waals surface area contributed by atoms with Crippen LogP contribution in [-0.2, 0) is 24.1 Å². The smallest absolute Gasteiger partial charge is 0.418 e. The number of alkyl halides is 3. The van der Waals surface area contributed by atoms with Crippen LogP contribution in [0, 0.1) is 0 Å². The predicted octanol–water partition coefficient (Wildman–Crippen LogP) is 5.78. The van der Waals surface area contributed by atoms with Gasteiger partial charge in [0.05, 0.1) is 17.0 Å². The number of para-hydroxylation sites is 1. The highest BCUT2D eigenvalue weighted by Crippen LogP contribution is 2.34. The molecule has 1 N–H and O–H groups in total. The SMILES string of the molecule is CCn1c(COc2cccc3ccccc23)nnc1SCC(=O)Nc1ccccc1C(F)(F)F. The third-order valence-electron chi connectivity index (χ3n) is 5.05. The number of fused-ring (bicyclic) bond motifs is 1. The molecule has 0 radical (unpaired) electrons. The van der Waals surface area contributed by atoms with Crippen LogP contribution in [-0.4, -0.2) is 26.4 Å². The molecule has 0 saturated carbocycles. The van der Waals surface area contributed by atoms with Gasteiger partial charge in [-0.1, -0.05) is 60.3 Å². The van der Waals surface area contributed by atoms with E-state index in [-0.39, 0.29) is 18.0 Å². The van der Waals surface area contributed by atoms with E-state index in [1.165, 1.54) is 18.2 Å². The molecule has 0 saturated heterocycles. The van der Waals surface area contributed by atoms with Gasteiger partial charge in [0.1, 0.15) is 12.4 Å². The summed E-state index contributed by atoms with van der Waals surface area (Å²) in [7, 11) is 0. The first kappa shape index (κ1) is 23.6. The van der Waals surface area contributed by atoms with Gasteiger partial charge in [-0.2, -0.15) is 13.2 Å². The van der Waals surface area contributed by atoms with Gasteiger partial charge in [0.2, 0.25) is 5.91 Å². The maximum Gasteiger partial charge on any atom is 0.418 e. The van der Waals surface area contributed by atoms with Crippen molar-refractivity contribution in [2.45, 2.75) is 31.4 Å². The number of carbonyl (C=O) groups is 1. The number of anilines is 1. The number of nitrogens with zero attached hydrogens (tertiary/aromatic N) is 3. The van der Waals surface area contributed by atoms with E-state index in [9.17, 15) is 18.0 Å². The summed E-state index contributed by atoms with van der Waals surface area (Å²) in [6.45, 7) is 2.64. The molecule has 0 atom stereocenters. The minimum atomic E-state index is -4.56. The predicted molar refractivity (Wildman–Crippen MR) is 125 cm³/mol. The molecular formula is C24H21F3N4O2S. The Balaban J connectivity index is 1.41. The fourth-order valence-electron chi connectivity index (χ4n) is 3.47. The number of halogens is 3. The van der Waals surface area contributed by atoms with Crippen LogP contribution < -0.4 is 10.1 Å². The molecule has 0 spiro atoms. The molecule has 4 aromatic rings. The molecule has 1 amide bonds. The standard InChI is InChI=1S/C24H21F3N4O2S/c1-2-31-21(14-33-20-13-7-9-16-8-3-4-10-17(16)20)29-30-23(31)34-15-22(32)28-19-12-6-5-11-18(19)24(25,26)27/h3-13H,2,14-15H2,1H3,(H,28,32). The van der Waals surface area contributed by atoms with Crippen LogP contribution in [0.3, 0.4) is 0 Å². The Morgan fingerprint density at radius 3 is 2.56 bits per heavy atom. The zero-order valence-electron chi connectivity index (χ0n) is 18.2. The minimum absolute atomic E-state index is 0.117. The number of hydrogen-bond donors (Lipinski definition) is 1. The Bertz CT molecular complexity index is 1300. The van der Waals surface area contributed by atoms with Crippen LogP contribution in [0.2, 0.25) is 0 Å². The van der Waals surface area contributed by atoms with Crippen molar-refractivity contribution in [3.05, 3.63) is 78.1 Å². The van der Waals surface area contributed by atoms with Gasteiger partial charge < -0.3 is 14.6 Å². The van der Waals surface area contributed by atoms with E-state index in [0.29, 0.717) is 17.5 Å². The van der Waals surface area contributed by atoms with Gasteiger partial charge in [0.15, 0.2) is 11.0 Å². The average Bonchev–Trinajstić information content (AvgIpc) is 3.22. The Labute approximate surface area is 198 Å². The second-order valence-electron chi connectivity index (χ2n) is 7.29. The van der Waals surface area contributed by atoms with Gasteiger partial charge in [-0.25, -0.2) is 0 Å². The van der Waals surface area contributed by atoms with Crippen molar-refractivity contribution in [1.82, 2.24) is 14.8 Å². The van der Waals surface area contributed by atoms with Gasteiger partial charge in [0, 0.05) is 11.9 Å². The van der Waals surface area contributed by atoms with Gasteiger partial charge in [-0.05, 0) is 30.5 Å². The molecule has 4 rings (SSSR count). The molecule has 0 aliphatic heterocycles. The van der Waals surface area contributed by atoms with E-state index < -0.39 is 17.6 Å². The van der Waals surface area contributed by atoms with Crippen molar-refractivity contribution < 1.29 is 22.7 Å². The zero-order chi connectivity index (χ0) is 24.1. The summed E-state index contributed by atoms with van der Waals surface area (Å²) in [5, 5.41) is 13.2. The molecule has 10 heteroatoms. The Morgan fingerprint density at radius 1 is 1.03 bits per heavy atom. The van der Waals surface area contributed by atoms with Crippen LogP contribution in [0.4, 0.5) is 18.9 Å². The first-order chi connectivity index (χ1) is 16.4. The Morgan fingerprint density at radius 2 is 1.76 bits per heavy atom. The molecule has 0 bridgehead atoms. The summed E-state index contributed by atoms with van der Waals surface area (Å²) in [5.41, 5.74) is -1.17. The van der Waals surface area contributed by atoms with Crippen LogP contribution in [0.25, 0.3) is 10.8 Å². The highest BCUT2D eigenvalue weighted by atomic mass is 32.2. The van der Waals surface area contributed by atoms with E-state index in [1.807, 2.05) is 54.0 Å². The number of benzene rings is 3. The normalized spacial score (nSPS) is 11.5. The molecule has 6 nitrogen and oxygen atoms in total. The number of ether oxygens (including phenoxy) is 1. The van der Waals surface area contributed by atoms with Gasteiger partial charge in [-0.15, -0.1) is 10.2 Å². The summed E-state index contributed by atoms with van der Waals surface area (Å²) in [5.74, 6) is 0.622. The number of rotatable bonds is 8. The van der Waals surface area contributed by atoms with E-state index in [2.05, 4.69) is 15.5 Å². The molecule has 0 fully saturated rings. The van der Waals surface area contributed by atoms with Gasteiger partial charge in [0.25, 0.3) is 0 Å². The third kappa shape index (κ3) is 5.33. The molecular weight excluding hydrogens is 465 g/mol. The van der Waals surface area contributed by atoms with Gasteiger partial charge in [-0.3, -0.25) is 4.79 Å². The summed E-state index contributed by atoms with van der Waals surface area (Å²) < 4.78 is 47.2. The van der Waals surface area contributed by atoms with Crippen molar-refractivity contribution in [2.24, 2.45) is 0 Å². The molecule has 1 heterocycles. The van der Waals surface area contributed by atoms with Crippen molar-refractivity contribution in [3.8, 4) is 5.75 Å². The molecule has 0 aliphatic rings. The highest BCUT2D eigenvalue weighted by Gasteiger charge is 2.33. The summed E-state index contributed by atoms with van der Waals surface area (Å²) >= 11 is 1.10. The Hall–Kier alpha value is -3.53. The topological polar surface area (TPSA) is 69.0 Å². The van der Waals surface area contributed by atoms with Crippen LogP contribution in [0.15, 0.2) is 71.9 Å². The lowest BCUT2D eigenvalue weighted by molar-refractivity contribution is -0.137. The van der Waals surface area contributed by atoms with E-state index in [4.69, 9.17) is 4.74 Å². The molecule has 34 heavy (non-hydrogen) atoms.